The van der Waals surface area contributed by atoms with E-state index in [9.17, 15) is 26.7 Å². The van der Waals surface area contributed by atoms with E-state index in [2.05, 4.69) is 4.98 Å². The van der Waals surface area contributed by atoms with Crippen molar-refractivity contribution in [2.45, 2.75) is 12.1 Å². The van der Waals surface area contributed by atoms with E-state index in [0.29, 0.717) is 24.8 Å². The molecule has 150 valence electrons. The molecule has 0 saturated carbocycles. The topological polar surface area (TPSA) is 54.9 Å². The Kier molecular flexibility index (Phi) is 6.11. The molecule has 0 radical (unpaired) electrons. The third-order valence-electron chi connectivity index (χ3n) is 3.95. The van der Waals surface area contributed by atoms with Crippen LogP contribution in [0.4, 0.5) is 27.6 Å². The summed E-state index contributed by atoms with van der Waals surface area (Å²) in [5.41, 5.74) is 0.727. The zero-order valence-electron chi connectivity index (χ0n) is 14.6. The smallest absolute Gasteiger partial charge is 0.457 e. The number of methoxy groups -OCH3 is 2. The van der Waals surface area contributed by atoms with Crippen LogP contribution in [0.1, 0.15) is 0 Å². The summed E-state index contributed by atoms with van der Waals surface area (Å²) in [5.74, 6) is -5.28. The molecule has 0 aliphatic carbocycles. The van der Waals surface area contributed by atoms with Crippen molar-refractivity contribution in [2.24, 2.45) is 0 Å². The van der Waals surface area contributed by atoms with Crippen LogP contribution >= 0.6 is 0 Å². The van der Waals surface area contributed by atoms with Crippen molar-refractivity contribution in [1.29, 1.82) is 0 Å². The number of anilines is 1. The van der Waals surface area contributed by atoms with Crippen molar-refractivity contribution >= 4 is 11.6 Å². The van der Waals surface area contributed by atoms with Crippen molar-refractivity contribution in [3.8, 4) is 11.8 Å². The Morgan fingerprint density at radius 2 is 1.56 bits per heavy atom. The molecule has 0 unspecified atom stereocenters. The molecule has 0 spiro atoms. The number of amides is 1. The monoisotopic (exact) mass is 395 g/mol. The van der Waals surface area contributed by atoms with Gasteiger partial charge in [-0.05, 0) is 6.08 Å². The van der Waals surface area contributed by atoms with Gasteiger partial charge in [0, 0.05) is 50.1 Å². The van der Waals surface area contributed by atoms with Crippen molar-refractivity contribution in [1.82, 2.24) is 9.88 Å². The minimum Gasteiger partial charge on any atom is -0.481 e. The number of carbonyl (C=O) groups excluding carboxylic acids is 1. The number of carbonyl (C=O) groups is 1. The molecule has 1 aromatic rings. The number of hydrogen-bond donors (Lipinski definition) is 0. The summed E-state index contributed by atoms with van der Waals surface area (Å²) in [6, 6.07) is 3.34. The number of halogens is 5. The first kappa shape index (κ1) is 20.7. The van der Waals surface area contributed by atoms with Gasteiger partial charge in [-0.3, -0.25) is 4.79 Å². The SMILES string of the molecule is COc1cc(N2CCN(C(=O)C=CC(F)(F)C(F)(F)F)CC2)cc(OC)n1. The fourth-order valence-corrected chi connectivity index (χ4v) is 2.42. The van der Waals surface area contributed by atoms with Gasteiger partial charge in [0.15, 0.2) is 0 Å². The van der Waals surface area contributed by atoms with Gasteiger partial charge < -0.3 is 19.3 Å². The maximum atomic E-state index is 12.9. The predicted octanol–water partition coefficient (Wildman–Crippen LogP) is 2.50. The van der Waals surface area contributed by atoms with Crippen LogP contribution < -0.4 is 14.4 Å². The lowest BCUT2D eigenvalue weighted by Gasteiger charge is -2.35. The van der Waals surface area contributed by atoms with E-state index in [4.69, 9.17) is 9.47 Å². The molecule has 1 amide bonds. The molecule has 0 aromatic carbocycles. The van der Waals surface area contributed by atoms with Gasteiger partial charge in [0.2, 0.25) is 17.7 Å². The molecular weight excluding hydrogens is 377 g/mol. The first-order valence-corrected chi connectivity index (χ1v) is 7.85. The van der Waals surface area contributed by atoms with E-state index in [0.717, 1.165) is 5.69 Å². The third kappa shape index (κ3) is 4.98. The number of rotatable bonds is 5. The molecule has 0 bridgehead atoms. The molecule has 11 heteroatoms. The maximum absolute atomic E-state index is 12.9. The number of nitrogens with zero attached hydrogens (tertiary/aromatic N) is 3. The first-order valence-electron chi connectivity index (χ1n) is 7.85. The minimum absolute atomic E-state index is 0.160. The lowest BCUT2D eigenvalue weighted by Crippen LogP contribution is -2.48. The number of pyridine rings is 1. The molecule has 6 nitrogen and oxygen atoms in total. The van der Waals surface area contributed by atoms with E-state index in [1.54, 1.807) is 12.1 Å². The van der Waals surface area contributed by atoms with E-state index >= 15 is 0 Å². The van der Waals surface area contributed by atoms with Crippen LogP contribution in [0.3, 0.4) is 0 Å². The number of hydrogen-bond acceptors (Lipinski definition) is 5. The third-order valence-corrected chi connectivity index (χ3v) is 3.95. The maximum Gasteiger partial charge on any atom is 0.457 e. The van der Waals surface area contributed by atoms with Gasteiger partial charge >= 0.3 is 12.1 Å². The Morgan fingerprint density at radius 1 is 1.04 bits per heavy atom. The van der Waals surface area contributed by atoms with Crippen LogP contribution in [0.5, 0.6) is 11.8 Å². The zero-order chi connectivity index (χ0) is 20.2. The van der Waals surface area contributed by atoms with Crippen LogP contribution in [0.25, 0.3) is 0 Å². The summed E-state index contributed by atoms with van der Waals surface area (Å²) in [5, 5.41) is 0. The van der Waals surface area contributed by atoms with Gasteiger partial charge in [-0.2, -0.15) is 26.9 Å². The fourth-order valence-electron chi connectivity index (χ4n) is 2.42. The van der Waals surface area contributed by atoms with Crippen molar-refractivity contribution in [2.75, 3.05) is 45.3 Å². The Bertz CT molecular complexity index is 679. The van der Waals surface area contributed by atoms with Gasteiger partial charge in [-0.1, -0.05) is 0 Å². The van der Waals surface area contributed by atoms with Gasteiger partial charge in [0.1, 0.15) is 0 Å². The number of ether oxygens (including phenoxy) is 2. The quantitative estimate of drug-likeness (QED) is 0.567. The van der Waals surface area contributed by atoms with Crippen LogP contribution in [-0.4, -0.2) is 68.3 Å². The molecule has 1 saturated heterocycles. The van der Waals surface area contributed by atoms with E-state index in [1.165, 1.54) is 19.1 Å². The summed E-state index contributed by atoms with van der Waals surface area (Å²) in [4.78, 5) is 19.1. The van der Waals surface area contributed by atoms with Crippen LogP contribution in [0.15, 0.2) is 24.3 Å². The lowest BCUT2D eigenvalue weighted by molar-refractivity contribution is -0.259. The Morgan fingerprint density at radius 3 is 2.00 bits per heavy atom. The minimum atomic E-state index is -5.73. The summed E-state index contributed by atoms with van der Waals surface area (Å²) < 4.78 is 72.3. The zero-order valence-corrected chi connectivity index (χ0v) is 14.6. The van der Waals surface area contributed by atoms with E-state index in [-0.39, 0.29) is 19.2 Å². The van der Waals surface area contributed by atoms with Crippen LogP contribution in [0, 0.1) is 0 Å². The second-order valence-corrected chi connectivity index (χ2v) is 5.68. The van der Waals surface area contributed by atoms with Crippen LogP contribution in [-0.2, 0) is 4.79 Å². The molecule has 27 heavy (non-hydrogen) atoms. The van der Waals surface area contributed by atoms with Crippen LogP contribution in [0.2, 0.25) is 0 Å². The molecule has 0 N–H and O–H groups in total. The Labute approximate surface area is 152 Å². The summed E-state index contributed by atoms with van der Waals surface area (Å²) in [7, 11) is 2.90. The molecule has 2 heterocycles. The number of allylic oxidation sites excluding steroid dienone is 1. The Balaban J connectivity index is 2.00. The molecular formula is C16H18F5N3O3. The highest BCUT2D eigenvalue weighted by Gasteiger charge is 2.55. The summed E-state index contributed by atoms with van der Waals surface area (Å²) >= 11 is 0. The molecule has 0 atom stereocenters. The Hall–Kier alpha value is -2.59. The number of piperazine rings is 1. The number of alkyl halides is 5. The van der Waals surface area contributed by atoms with E-state index < -0.39 is 24.1 Å². The second kappa shape index (κ2) is 7.97. The van der Waals surface area contributed by atoms with Gasteiger partial charge in [0.05, 0.1) is 14.2 Å². The van der Waals surface area contributed by atoms with Gasteiger partial charge in [-0.25, -0.2) is 0 Å². The molecule has 1 aromatic heterocycles. The highest BCUT2D eigenvalue weighted by Crippen LogP contribution is 2.36. The number of aromatic nitrogens is 1. The average molecular weight is 395 g/mol. The standard InChI is InChI=1S/C16H18F5N3O3/c1-26-12-9-11(10-13(22-12)27-2)23-5-7-24(8-6-23)14(25)3-4-15(17,18)16(19,20)21/h3-4,9-10H,5-8H2,1-2H3. The average Bonchev–Trinajstić information content (AvgIpc) is 2.64. The van der Waals surface area contributed by atoms with Gasteiger partial charge in [-0.15, -0.1) is 0 Å². The predicted molar refractivity (Wildman–Crippen MR) is 86.3 cm³/mol. The summed E-state index contributed by atoms with van der Waals surface area (Å²) in [6.45, 7) is 1.03. The van der Waals surface area contributed by atoms with E-state index in [1.807, 2.05) is 4.90 Å². The normalized spacial score (nSPS) is 16.0. The molecule has 1 aliphatic rings. The van der Waals surface area contributed by atoms with Crippen molar-refractivity contribution < 1.29 is 36.2 Å². The molecule has 1 fully saturated rings. The first-order chi connectivity index (χ1) is 12.6. The summed E-state index contributed by atoms with van der Waals surface area (Å²) in [6.07, 6.45) is -5.89. The highest BCUT2D eigenvalue weighted by atomic mass is 19.4. The largest absolute Gasteiger partial charge is 0.481 e. The van der Waals surface area contributed by atoms with Gasteiger partial charge in [0.25, 0.3) is 0 Å². The fraction of sp³-hybridized carbons (Fsp3) is 0.500. The lowest BCUT2D eigenvalue weighted by atomic mass is 10.2. The van der Waals surface area contributed by atoms with Crippen molar-refractivity contribution in [3.05, 3.63) is 24.3 Å². The molecule has 1 aliphatic heterocycles. The second-order valence-electron chi connectivity index (χ2n) is 5.68. The molecule has 2 rings (SSSR count). The van der Waals surface area contributed by atoms with Crippen molar-refractivity contribution in [3.63, 3.8) is 0 Å². The highest BCUT2D eigenvalue weighted by molar-refractivity contribution is 5.88.